The number of hydrogen-bond acceptors (Lipinski definition) is 4. The largest absolute Gasteiger partial charge is 0.454 e. The van der Waals surface area contributed by atoms with Crippen LogP contribution in [-0.4, -0.2) is 29.0 Å². The van der Waals surface area contributed by atoms with Crippen LogP contribution in [0.5, 0.6) is 11.5 Å². The van der Waals surface area contributed by atoms with Crippen LogP contribution >= 0.6 is 0 Å². The van der Waals surface area contributed by atoms with E-state index in [0.717, 1.165) is 34.4 Å². The summed E-state index contributed by atoms with van der Waals surface area (Å²) in [6, 6.07) is 12.1. The molecule has 4 rings (SSSR count). The second-order valence-electron chi connectivity index (χ2n) is 6.47. The number of fused-ring (bicyclic) bond motifs is 2. The summed E-state index contributed by atoms with van der Waals surface area (Å²) in [4.78, 5) is 12.1. The molecule has 0 atom stereocenters. The van der Waals surface area contributed by atoms with Gasteiger partial charge in [0, 0.05) is 18.4 Å². The lowest BCUT2D eigenvalue weighted by Crippen LogP contribution is -2.26. The number of hydrogen-bond donors (Lipinski definition) is 1. The number of benzene rings is 2. The van der Waals surface area contributed by atoms with Gasteiger partial charge in [0.2, 0.25) is 12.7 Å². The van der Waals surface area contributed by atoms with Crippen LogP contribution in [0, 0.1) is 6.92 Å². The van der Waals surface area contributed by atoms with Crippen molar-refractivity contribution in [3.8, 4) is 11.5 Å². The zero-order valence-electron chi connectivity index (χ0n) is 14.7. The summed E-state index contributed by atoms with van der Waals surface area (Å²) >= 11 is 0. The van der Waals surface area contributed by atoms with Gasteiger partial charge >= 0.3 is 0 Å². The molecule has 0 bridgehead atoms. The molecule has 0 aliphatic carbocycles. The first kappa shape index (κ1) is 16.4. The number of carbonyl (C=O) groups is 1. The summed E-state index contributed by atoms with van der Waals surface area (Å²) in [5, 5.41) is 8.45. The van der Waals surface area contributed by atoms with E-state index in [9.17, 15) is 4.79 Å². The quantitative estimate of drug-likeness (QED) is 0.742. The van der Waals surface area contributed by atoms with Gasteiger partial charge in [-0.3, -0.25) is 9.48 Å². The fourth-order valence-corrected chi connectivity index (χ4v) is 3.12. The molecular formula is C20H21N3O3. The van der Waals surface area contributed by atoms with Crippen LogP contribution in [0.15, 0.2) is 42.6 Å². The number of rotatable bonds is 6. The maximum Gasteiger partial charge on any atom is 0.231 e. The molecule has 0 spiro atoms. The van der Waals surface area contributed by atoms with Crippen molar-refractivity contribution >= 4 is 16.8 Å². The fraction of sp³-hybridized carbons (Fsp3) is 0.300. The van der Waals surface area contributed by atoms with Crippen LogP contribution in [0.2, 0.25) is 0 Å². The minimum Gasteiger partial charge on any atom is -0.454 e. The number of nitrogens with one attached hydrogen (secondary N) is 1. The maximum absolute atomic E-state index is 12.1. The van der Waals surface area contributed by atoms with Crippen molar-refractivity contribution in [3.05, 3.63) is 53.7 Å². The Labute approximate surface area is 151 Å². The maximum atomic E-state index is 12.1. The monoisotopic (exact) mass is 351 g/mol. The van der Waals surface area contributed by atoms with Crippen molar-refractivity contribution in [2.75, 3.05) is 13.3 Å². The Morgan fingerprint density at radius 1 is 1.19 bits per heavy atom. The zero-order valence-corrected chi connectivity index (χ0v) is 14.7. The minimum atomic E-state index is 0.0292. The second kappa shape index (κ2) is 7.07. The first-order valence-corrected chi connectivity index (χ1v) is 8.76. The van der Waals surface area contributed by atoms with Gasteiger partial charge in [-0.1, -0.05) is 17.7 Å². The average Bonchev–Trinajstić information content (AvgIpc) is 3.25. The lowest BCUT2D eigenvalue weighted by Gasteiger charge is -2.07. The third-order valence-corrected chi connectivity index (χ3v) is 4.52. The molecule has 134 valence electrons. The highest BCUT2D eigenvalue weighted by Crippen LogP contribution is 2.32. The van der Waals surface area contributed by atoms with E-state index in [1.54, 1.807) is 0 Å². The van der Waals surface area contributed by atoms with E-state index in [4.69, 9.17) is 9.47 Å². The van der Waals surface area contributed by atoms with E-state index >= 15 is 0 Å². The van der Waals surface area contributed by atoms with Crippen LogP contribution in [0.25, 0.3) is 10.9 Å². The smallest absolute Gasteiger partial charge is 0.231 e. The van der Waals surface area contributed by atoms with Crippen molar-refractivity contribution < 1.29 is 14.3 Å². The predicted octanol–water partition coefficient (Wildman–Crippen LogP) is 2.82. The number of amides is 1. The van der Waals surface area contributed by atoms with Crippen LogP contribution < -0.4 is 14.8 Å². The molecule has 1 aliphatic rings. The topological polar surface area (TPSA) is 65.4 Å². The molecule has 0 saturated carbocycles. The highest BCUT2D eigenvalue weighted by molar-refractivity contribution is 5.80. The summed E-state index contributed by atoms with van der Waals surface area (Å²) in [5.74, 6) is 1.58. The molecule has 1 aliphatic heterocycles. The van der Waals surface area contributed by atoms with Crippen molar-refractivity contribution in [2.24, 2.45) is 0 Å². The van der Waals surface area contributed by atoms with Gasteiger partial charge in [0.15, 0.2) is 11.5 Å². The lowest BCUT2D eigenvalue weighted by molar-refractivity contribution is -0.121. The van der Waals surface area contributed by atoms with E-state index < -0.39 is 0 Å². The SMILES string of the molecule is Cc1ccc2c(cnn2CCC(=O)NCCc2ccc3c(c2)OCO3)c1. The number of ether oxygens (including phenoxy) is 2. The van der Waals surface area contributed by atoms with Crippen molar-refractivity contribution in [1.29, 1.82) is 0 Å². The number of carbonyl (C=O) groups excluding carboxylic acids is 1. The Morgan fingerprint density at radius 2 is 2.08 bits per heavy atom. The van der Waals surface area contributed by atoms with E-state index in [-0.39, 0.29) is 12.7 Å². The summed E-state index contributed by atoms with van der Waals surface area (Å²) in [6.07, 6.45) is 3.01. The van der Waals surface area contributed by atoms with Crippen LogP contribution in [0.3, 0.4) is 0 Å². The molecule has 26 heavy (non-hydrogen) atoms. The lowest BCUT2D eigenvalue weighted by atomic mass is 10.1. The van der Waals surface area contributed by atoms with Gasteiger partial charge in [-0.2, -0.15) is 5.10 Å². The number of aryl methyl sites for hydroxylation is 2. The van der Waals surface area contributed by atoms with E-state index in [1.165, 1.54) is 5.56 Å². The molecule has 3 aromatic rings. The molecule has 2 aromatic carbocycles. The third-order valence-electron chi connectivity index (χ3n) is 4.52. The molecule has 6 nitrogen and oxygen atoms in total. The molecule has 0 fully saturated rings. The van der Waals surface area contributed by atoms with Gasteiger partial charge in [-0.25, -0.2) is 0 Å². The van der Waals surface area contributed by atoms with Crippen molar-refractivity contribution in [1.82, 2.24) is 15.1 Å². The van der Waals surface area contributed by atoms with Crippen LogP contribution in [-0.2, 0) is 17.8 Å². The first-order chi connectivity index (χ1) is 12.7. The van der Waals surface area contributed by atoms with Crippen molar-refractivity contribution in [3.63, 3.8) is 0 Å². The molecule has 0 radical (unpaired) electrons. The van der Waals surface area contributed by atoms with Gasteiger partial charge in [0.25, 0.3) is 0 Å². The summed E-state index contributed by atoms with van der Waals surface area (Å²) in [5.41, 5.74) is 3.38. The average molecular weight is 351 g/mol. The first-order valence-electron chi connectivity index (χ1n) is 8.76. The summed E-state index contributed by atoms with van der Waals surface area (Å²) < 4.78 is 12.6. The number of nitrogens with zero attached hydrogens (tertiary/aromatic N) is 2. The molecular weight excluding hydrogens is 330 g/mol. The Hall–Kier alpha value is -3.02. The van der Waals surface area contributed by atoms with E-state index in [2.05, 4.69) is 35.5 Å². The molecule has 1 aromatic heterocycles. The van der Waals surface area contributed by atoms with Gasteiger partial charge < -0.3 is 14.8 Å². The summed E-state index contributed by atoms with van der Waals surface area (Å²) in [6.45, 7) is 3.50. The third kappa shape index (κ3) is 3.49. The van der Waals surface area contributed by atoms with E-state index in [0.29, 0.717) is 19.5 Å². The molecule has 0 unspecified atom stereocenters. The van der Waals surface area contributed by atoms with Gasteiger partial charge in [-0.15, -0.1) is 0 Å². The normalized spacial score (nSPS) is 12.5. The van der Waals surface area contributed by atoms with Crippen molar-refractivity contribution in [2.45, 2.75) is 26.3 Å². The molecule has 2 heterocycles. The Morgan fingerprint density at radius 3 is 3.00 bits per heavy atom. The minimum absolute atomic E-state index is 0.0292. The highest BCUT2D eigenvalue weighted by Gasteiger charge is 2.13. The molecule has 1 amide bonds. The molecule has 1 N–H and O–H groups in total. The van der Waals surface area contributed by atoms with Gasteiger partial charge in [-0.05, 0) is 43.2 Å². The van der Waals surface area contributed by atoms with Crippen LogP contribution in [0.1, 0.15) is 17.5 Å². The Kier molecular flexibility index (Phi) is 4.48. The fourth-order valence-electron chi connectivity index (χ4n) is 3.12. The number of aromatic nitrogens is 2. The van der Waals surface area contributed by atoms with Crippen LogP contribution in [0.4, 0.5) is 0 Å². The second-order valence-corrected chi connectivity index (χ2v) is 6.47. The van der Waals surface area contributed by atoms with Gasteiger partial charge in [0.05, 0.1) is 18.3 Å². The molecule has 6 heteroatoms. The Bertz CT molecular complexity index is 949. The standard InChI is InChI=1S/C20H21N3O3/c1-14-2-4-17-16(10-14)12-22-23(17)9-7-20(24)21-8-6-15-3-5-18-19(11-15)26-13-25-18/h2-5,10-12H,6-9,13H2,1H3,(H,21,24). The highest BCUT2D eigenvalue weighted by atomic mass is 16.7. The molecule has 0 saturated heterocycles. The van der Waals surface area contributed by atoms with Gasteiger partial charge in [0.1, 0.15) is 0 Å². The Balaban J connectivity index is 1.26. The summed E-state index contributed by atoms with van der Waals surface area (Å²) in [7, 11) is 0. The van der Waals surface area contributed by atoms with E-state index in [1.807, 2.05) is 29.1 Å². The predicted molar refractivity (Wildman–Crippen MR) is 98.4 cm³/mol. The zero-order chi connectivity index (χ0) is 17.9.